The molecule has 0 unspecified atom stereocenters. The lowest BCUT2D eigenvalue weighted by atomic mass is 9.95. The van der Waals surface area contributed by atoms with Crippen LogP contribution in [0.25, 0.3) is 91.9 Å². The largest absolute Gasteiger partial charge is 0.453 e. The molecule has 3 heteroatoms. The van der Waals surface area contributed by atoms with Gasteiger partial charge in [-0.15, -0.1) is 11.3 Å². The fourth-order valence-corrected chi connectivity index (χ4v) is 8.62. The van der Waals surface area contributed by atoms with E-state index in [1.54, 1.807) is 0 Å². The Bertz CT molecular complexity index is 2810. The molecular formula is C44H29NOS. The molecule has 3 aromatic heterocycles. The van der Waals surface area contributed by atoms with Crippen molar-refractivity contribution in [2.45, 2.75) is 13.8 Å². The van der Waals surface area contributed by atoms with Crippen LogP contribution in [0.2, 0.25) is 0 Å². The van der Waals surface area contributed by atoms with Gasteiger partial charge < -0.3 is 8.98 Å². The molecule has 0 aliphatic carbocycles. The van der Waals surface area contributed by atoms with Gasteiger partial charge in [-0.2, -0.15) is 0 Å². The van der Waals surface area contributed by atoms with Crippen molar-refractivity contribution in [3.05, 3.63) is 151 Å². The molecule has 0 aliphatic rings. The maximum absolute atomic E-state index is 7.02. The number of rotatable bonds is 3. The van der Waals surface area contributed by atoms with Crippen LogP contribution < -0.4 is 0 Å². The van der Waals surface area contributed by atoms with Gasteiger partial charge >= 0.3 is 0 Å². The normalized spacial score (nSPS) is 12.0. The van der Waals surface area contributed by atoms with Gasteiger partial charge in [-0.1, -0.05) is 96.1 Å². The first-order valence-electron chi connectivity index (χ1n) is 16.1. The van der Waals surface area contributed by atoms with Crippen LogP contribution in [0, 0.1) is 13.8 Å². The SMILES string of the molecule is Cc1ccc2c(c1)c1cc(C)ccc1n2-c1cccc2c1oc1c(-c3ccccc3)cc(-c3ccc4c(c3)sc3ccccc34)cc12. The molecule has 3 heterocycles. The Labute approximate surface area is 275 Å². The third-order valence-corrected chi connectivity index (χ3v) is 10.8. The number of aromatic nitrogens is 1. The standard InChI is InChI=1S/C44H29NOS/c1-26-15-19-38-35(21-26)36-22-27(2)16-20-39(36)45(38)40-13-8-12-33-37-24-30(23-34(43(37)46-44(33)40)28-9-4-3-5-10-28)29-17-18-32-31-11-6-7-14-41(31)47-42(32)25-29/h3-25H,1-2H3. The molecular weight excluding hydrogens is 591 g/mol. The van der Waals surface area contributed by atoms with Crippen LogP contribution in [0.5, 0.6) is 0 Å². The van der Waals surface area contributed by atoms with Crippen LogP contribution in [0.15, 0.2) is 144 Å². The summed E-state index contributed by atoms with van der Waals surface area (Å²) in [5.74, 6) is 0. The van der Waals surface area contributed by atoms with E-state index in [-0.39, 0.29) is 0 Å². The molecule has 0 aliphatic heterocycles. The fraction of sp³-hybridized carbons (Fsp3) is 0.0455. The molecule has 0 bridgehead atoms. The Hall–Kier alpha value is -5.64. The summed E-state index contributed by atoms with van der Waals surface area (Å²) < 4.78 is 12.0. The van der Waals surface area contributed by atoms with E-state index in [0.29, 0.717) is 0 Å². The molecule has 0 fully saturated rings. The number of para-hydroxylation sites is 1. The Morgan fingerprint density at radius 1 is 0.447 bits per heavy atom. The number of nitrogens with zero attached hydrogens (tertiary/aromatic N) is 1. The predicted molar refractivity (Wildman–Crippen MR) is 201 cm³/mol. The Morgan fingerprint density at radius 2 is 1.15 bits per heavy atom. The van der Waals surface area contributed by atoms with E-state index in [1.165, 1.54) is 64.2 Å². The quantitative estimate of drug-likeness (QED) is 0.192. The monoisotopic (exact) mass is 619 g/mol. The Morgan fingerprint density at radius 3 is 1.94 bits per heavy atom. The van der Waals surface area contributed by atoms with E-state index in [0.717, 1.165) is 38.8 Å². The van der Waals surface area contributed by atoms with Crippen molar-refractivity contribution in [1.29, 1.82) is 0 Å². The zero-order valence-corrected chi connectivity index (χ0v) is 26.9. The molecule has 10 aromatic rings. The molecule has 47 heavy (non-hydrogen) atoms. The smallest absolute Gasteiger partial charge is 0.159 e. The fourth-order valence-electron chi connectivity index (χ4n) is 7.48. The minimum atomic E-state index is 0.900. The van der Waals surface area contributed by atoms with Gasteiger partial charge in [-0.3, -0.25) is 0 Å². The lowest BCUT2D eigenvalue weighted by Crippen LogP contribution is -1.94. The van der Waals surface area contributed by atoms with E-state index in [2.05, 4.69) is 158 Å². The van der Waals surface area contributed by atoms with Gasteiger partial charge in [-0.25, -0.2) is 0 Å². The van der Waals surface area contributed by atoms with Crippen molar-refractivity contribution in [3.8, 4) is 27.9 Å². The summed E-state index contributed by atoms with van der Waals surface area (Å²) in [7, 11) is 0. The minimum Gasteiger partial charge on any atom is -0.453 e. The van der Waals surface area contributed by atoms with Crippen LogP contribution in [-0.2, 0) is 0 Å². The molecule has 222 valence electrons. The lowest BCUT2D eigenvalue weighted by molar-refractivity contribution is 0.667. The molecule has 0 saturated carbocycles. The number of furan rings is 1. The molecule has 0 N–H and O–H groups in total. The maximum Gasteiger partial charge on any atom is 0.159 e. The molecule has 2 nitrogen and oxygen atoms in total. The second kappa shape index (κ2) is 9.93. The highest BCUT2D eigenvalue weighted by molar-refractivity contribution is 7.25. The van der Waals surface area contributed by atoms with Crippen molar-refractivity contribution in [2.75, 3.05) is 0 Å². The Balaban J connectivity index is 1.27. The lowest BCUT2D eigenvalue weighted by Gasteiger charge is -2.08. The second-order valence-corrected chi connectivity index (χ2v) is 13.8. The van der Waals surface area contributed by atoms with Crippen LogP contribution in [-0.4, -0.2) is 4.57 Å². The number of fused-ring (bicyclic) bond motifs is 9. The zero-order chi connectivity index (χ0) is 31.2. The molecule has 0 spiro atoms. The summed E-state index contributed by atoms with van der Waals surface area (Å²) in [4.78, 5) is 0. The number of hydrogen-bond donors (Lipinski definition) is 0. The van der Waals surface area contributed by atoms with E-state index in [4.69, 9.17) is 4.42 Å². The summed E-state index contributed by atoms with van der Waals surface area (Å²) >= 11 is 1.86. The van der Waals surface area contributed by atoms with Crippen molar-refractivity contribution in [1.82, 2.24) is 4.57 Å². The predicted octanol–water partition coefficient (Wildman–Crippen LogP) is 13.0. The summed E-state index contributed by atoms with van der Waals surface area (Å²) in [6.45, 7) is 4.33. The number of benzene rings is 7. The first-order chi connectivity index (χ1) is 23.1. The highest BCUT2D eigenvalue weighted by Gasteiger charge is 2.21. The number of thiophene rings is 1. The van der Waals surface area contributed by atoms with Crippen molar-refractivity contribution >= 4 is 75.3 Å². The average molecular weight is 620 g/mol. The van der Waals surface area contributed by atoms with Crippen LogP contribution in [0.3, 0.4) is 0 Å². The van der Waals surface area contributed by atoms with E-state index >= 15 is 0 Å². The summed E-state index contributed by atoms with van der Waals surface area (Å²) in [5, 5.41) is 7.41. The topological polar surface area (TPSA) is 18.1 Å². The van der Waals surface area contributed by atoms with Gasteiger partial charge in [0.25, 0.3) is 0 Å². The molecule has 0 saturated heterocycles. The molecule has 0 amide bonds. The van der Waals surface area contributed by atoms with E-state index < -0.39 is 0 Å². The molecule has 0 atom stereocenters. The number of aryl methyl sites for hydroxylation is 2. The summed E-state index contributed by atoms with van der Waals surface area (Å²) in [6.07, 6.45) is 0. The minimum absolute atomic E-state index is 0.900. The second-order valence-electron chi connectivity index (χ2n) is 12.7. The van der Waals surface area contributed by atoms with Crippen LogP contribution in [0.1, 0.15) is 11.1 Å². The number of hydrogen-bond acceptors (Lipinski definition) is 2. The van der Waals surface area contributed by atoms with Gasteiger partial charge in [0.15, 0.2) is 5.58 Å². The van der Waals surface area contributed by atoms with Gasteiger partial charge in [0.05, 0.1) is 16.7 Å². The van der Waals surface area contributed by atoms with Crippen molar-refractivity contribution < 1.29 is 4.42 Å². The summed E-state index contributed by atoms with van der Waals surface area (Å²) in [5.41, 5.74) is 12.4. The first kappa shape index (κ1) is 26.6. The van der Waals surface area contributed by atoms with Gasteiger partial charge in [0, 0.05) is 47.3 Å². The van der Waals surface area contributed by atoms with Gasteiger partial charge in [0.2, 0.25) is 0 Å². The highest BCUT2D eigenvalue weighted by atomic mass is 32.1. The van der Waals surface area contributed by atoms with Crippen molar-refractivity contribution in [3.63, 3.8) is 0 Å². The first-order valence-corrected chi connectivity index (χ1v) is 16.9. The average Bonchev–Trinajstić information content (AvgIpc) is 3.77. The zero-order valence-electron chi connectivity index (χ0n) is 26.0. The van der Waals surface area contributed by atoms with Crippen molar-refractivity contribution in [2.24, 2.45) is 0 Å². The van der Waals surface area contributed by atoms with E-state index in [9.17, 15) is 0 Å². The molecule has 0 radical (unpaired) electrons. The molecule has 10 rings (SSSR count). The highest BCUT2D eigenvalue weighted by Crippen LogP contribution is 2.44. The Kier molecular flexibility index (Phi) is 5.61. The van der Waals surface area contributed by atoms with Gasteiger partial charge in [-0.05, 0) is 85.1 Å². The van der Waals surface area contributed by atoms with Crippen LogP contribution in [0.4, 0.5) is 0 Å². The van der Waals surface area contributed by atoms with Crippen LogP contribution >= 0.6 is 11.3 Å². The molecule has 7 aromatic carbocycles. The third kappa shape index (κ3) is 3.97. The van der Waals surface area contributed by atoms with Gasteiger partial charge in [0.1, 0.15) is 5.58 Å². The van der Waals surface area contributed by atoms with E-state index in [1.807, 2.05) is 11.3 Å². The third-order valence-electron chi connectivity index (χ3n) is 9.69. The maximum atomic E-state index is 7.02. The summed E-state index contributed by atoms with van der Waals surface area (Å²) in [6, 6.07) is 51.0.